The number of tetrazole rings is 5. The van der Waals surface area contributed by atoms with E-state index >= 15 is 0 Å². The Morgan fingerprint density at radius 1 is 0.299 bits per heavy atom. The van der Waals surface area contributed by atoms with Crippen molar-refractivity contribution in [3.8, 4) is 68.7 Å². The van der Waals surface area contributed by atoms with E-state index in [4.69, 9.17) is 33.2 Å². The number of rotatable bonds is 26. The summed E-state index contributed by atoms with van der Waals surface area (Å²) in [6.45, 7) is 23.7. The summed E-state index contributed by atoms with van der Waals surface area (Å²) in [4.78, 5) is 62.1. The van der Waals surface area contributed by atoms with Gasteiger partial charge in [0, 0.05) is 249 Å². The van der Waals surface area contributed by atoms with Crippen LogP contribution in [0.1, 0.15) is 94.5 Å². The molecule has 15 aromatic rings. The van der Waals surface area contributed by atoms with Gasteiger partial charge >= 0.3 is 28.4 Å². The maximum atomic E-state index is 12.3. The molecule has 0 saturated carbocycles. The molecule has 5 heterocycles. The molecule has 10 aromatic carbocycles. The molecular formula is C89H93N20O12SY5-5. The van der Waals surface area contributed by atoms with Crippen LogP contribution in [0.15, 0.2) is 211 Å². The number of benzene rings is 10. The number of ether oxygens (including phenoxy) is 7. The number of nitrogens with zero attached hydrogens (tertiary/aromatic N) is 20. The van der Waals surface area contributed by atoms with Crippen LogP contribution in [0, 0.1) is 78.8 Å². The summed E-state index contributed by atoms with van der Waals surface area (Å²) in [6.07, 6.45) is -0.0179. The second-order valence-electron chi connectivity index (χ2n) is 27.8. The van der Waals surface area contributed by atoms with E-state index < -0.39 is 0 Å². The maximum absolute atomic E-state index is 12.3. The van der Waals surface area contributed by atoms with Crippen molar-refractivity contribution in [3.63, 3.8) is 0 Å². The average Bonchev–Trinajstić information content (AvgIpc) is 1.75. The van der Waals surface area contributed by atoms with Gasteiger partial charge in [-0.1, -0.05) is 84.0 Å². The van der Waals surface area contributed by atoms with Crippen LogP contribution in [-0.4, -0.2) is 117 Å². The average molecular weight is 2110 g/mol. The van der Waals surface area contributed by atoms with E-state index in [-0.39, 0.29) is 211 Å². The van der Waals surface area contributed by atoms with Crippen LogP contribution < -0.4 is 61.6 Å². The summed E-state index contributed by atoms with van der Waals surface area (Å²) in [5.41, 5.74) is 13.0. The minimum atomic E-state index is -0.335. The van der Waals surface area contributed by atoms with Crippen LogP contribution in [0.5, 0.6) is 40.2 Å². The third-order valence-corrected chi connectivity index (χ3v) is 19.7. The number of hydrogen-bond donors (Lipinski definition) is 0. The van der Waals surface area contributed by atoms with Crippen molar-refractivity contribution >= 4 is 11.8 Å². The minimum absolute atomic E-state index is 0. The molecule has 0 unspecified atom stereocenters. The molecule has 0 atom stereocenters. The molecule has 0 amide bonds. The molecule has 647 valence electrons. The molecule has 0 aliphatic heterocycles. The molecular weight excluding hydrogens is 2020 g/mol. The molecule has 0 fully saturated rings. The molecule has 0 aliphatic carbocycles. The van der Waals surface area contributed by atoms with Crippen molar-refractivity contribution in [1.29, 1.82) is 0 Å². The number of aryl methyl sites for hydroxylation is 12. The van der Waals surface area contributed by atoms with Crippen LogP contribution >= 0.6 is 11.8 Å². The Balaban J connectivity index is 0.000000243. The number of thioether (sulfide) groups is 1. The Morgan fingerprint density at radius 3 is 0.819 bits per heavy atom. The first-order valence-corrected chi connectivity index (χ1v) is 39.7. The fourth-order valence-corrected chi connectivity index (χ4v) is 13.0. The predicted octanol–water partition coefficient (Wildman–Crippen LogP) is 11.2. The van der Waals surface area contributed by atoms with Crippen LogP contribution in [0.2, 0.25) is 0 Å². The molecule has 127 heavy (non-hydrogen) atoms. The zero-order valence-electron chi connectivity index (χ0n) is 73.5. The topological polar surface area (TPSA) is 328 Å². The smallest absolute Gasteiger partial charge is 0.368 e. The zero-order chi connectivity index (χ0) is 87.1. The van der Waals surface area contributed by atoms with Gasteiger partial charge in [0.1, 0.15) is 44.5 Å². The van der Waals surface area contributed by atoms with E-state index in [0.29, 0.717) is 66.4 Å². The van der Waals surface area contributed by atoms with E-state index in [1.165, 1.54) is 46.8 Å². The Hall–Kier alpha value is -8.98. The first kappa shape index (κ1) is 107. The van der Waals surface area contributed by atoms with Crippen molar-refractivity contribution in [2.45, 2.75) is 120 Å². The van der Waals surface area contributed by atoms with Crippen LogP contribution in [-0.2, 0) is 232 Å². The molecule has 0 spiro atoms. The van der Waals surface area contributed by atoms with Gasteiger partial charge < -0.3 is 33.2 Å². The second kappa shape index (κ2) is 52.0. The molecule has 0 aliphatic rings. The minimum Gasteiger partial charge on any atom is -0.514 e. The molecule has 15 rings (SSSR count). The molecule has 32 nitrogen and oxygen atoms in total. The number of aromatic nitrogens is 20. The normalized spacial score (nSPS) is 10.4. The fraction of sp³-hybridized carbons (Fsp3) is 0.270. The van der Waals surface area contributed by atoms with Gasteiger partial charge in [0.15, 0.2) is 0 Å². The summed E-state index contributed by atoms with van der Waals surface area (Å²) in [6, 6.07) is 71.0. The monoisotopic (exact) mass is 2110 g/mol. The summed E-state index contributed by atoms with van der Waals surface area (Å²) < 4.78 is 53.8. The second-order valence-corrected chi connectivity index (χ2v) is 29.1. The van der Waals surface area contributed by atoms with Gasteiger partial charge in [-0.3, -0.25) is 0 Å². The van der Waals surface area contributed by atoms with E-state index in [0.717, 1.165) is 106 Å². The van der Waals surface area contributed by atoms with Crippen molar-refractivity contribution in [2.75, 3.05) is 12.4 Å². The third-order valence-electron chi connectivity index (χ3n) is 18.8. The summed E-state index contributed by atoms with van der Waals surface area (Å²) in [7, 11) is 7.83. The first-order valence-electron chi connectivity index (χ1n) is 38.7. The molecule has 5 radical (unpaired) electrons. The first-order chi connectivity index (χ1) is 58.8. The largest absolute Gasteiger partial charge is 0.514 e. The van der Waals surface area contributed by atoms with Crippen LogP contribution in [0.3, 0.4) is 0 Å². The Bertz CT molecular complexity index is 6110. The van der Waals surface area contributed by atoms with Crippen molar-refractivity contribution in [3.05, 3.63) is 332 Å². The Kier molecular flexibility index (Phi) is 43.7. The standard InChI is InChI=1S/C19H21N4O3.C18H19N4O3.C18H19N4O2S.2C17H17N4O2.5Y/c1-13(2)26-18-11-7-9-16(23-19(24)22(4)20-21-23)15(18)12-25-17-10-6-5-8-14(17)3;1-4-24-17-11-7-9-15(22-18(23)21(3)19-20-22)14(17)12-25-16-10-6-5-8-13(16)2;1-4-25-17-11-7-9-15(22-18(23)21(3)19-20-22)14(17)12-24-16-10-6-5-8-13(16)2;2*1-12-8-6-9-15(21-17(22)20(3)18-19-21)14(12)11-23-16-10-5-4-7-13(16)2;;;;;/h6-11,13H,12H2,1-4H3;2*6-11H,4,12H2,1-3H3;2*5-10H,11H2,1-3H3;;;;;/q5*-1;;;;;. The summed E-state index contributed by atoms with van der Waals surface area (Å²) in [5.74, 6) is 6.11. The zero-order valence-corrected chi connectivity index (χ0v) is 88.5. The van der Waals surface area contributed by atoms with Crippen molar-refractivity contribution in [2.24, 2.45) is 35.2 Å². The number of hydrogen-bond acceptors (Lipinski definition) is 23. The van der Waals surface area contributed by atoms with Crippen molar-refractivity contribution in [1.82, 2.24) is 99.0 Å². The molecule has 0 saturated heterocycles. The quantitative estimate of drug-likeness (QED) is 0.0359. The SMILES string of the molecule is CCOc1cccc(-n2nnn(C)c2=O)c1COc1cc[c-]cc1C.CCSc1cccc(-n2nnn(C)c2=O)c1COc1cc[c-]cc1C.Cc1c[c-]ccc1OCc1c(C)cccc1-n1nnn(C)c1=O.Cc1c[c-]ccc1OCc1c(C)cccc1-n1nnn(C)c1=O.Cc1c[c-]ccc1OCc1c(OC(C)C)cccc1-n1nnn(C)c1=O.[Y].[Y].[Y].[Y].[Y]. The Morgan fingerprint density at radius 2 is 0.551 bits per heavy atom. The van der Waals surface area contributed by atoms with Gasteiger partial charge in [0.25, 0.3) is 0 Å². The van der Waals surface area contributed by atoms with Gasteiger partial charge in [0.05, 0.1) is 52.3 Å². The van der Waals surface area contributed by atoms with Gasteiger partial charge in [-0.05, 0) is 152 Å². The molecule has 0 bridgehead atoms. The van der Waals surface area contributed by atoms with E-state index in [2.05, 4.69) is 89.4 Å². The maximum Gasteiger partial charge on any atom is 0.368 e. The fourth-order valence-electron chi connectivity index (χ4n) is 12.2. The third kappa shape index (κ3) is 27.8. The van der Waals surface area contributed by atoms with Crippen LogP contribution in [0.4, 0.5) is 0 Å². The Labute approximate surface area is 865 Å². The van der Waals surface area contributed by atoms with Crippen molar-refractivity contribution < 1.29 is 197 Å². The van der Waals surface area contributed by atoms with E-state index in [9.17, 15) is 24.0 Å². The van der Waals surface area contributed by atoms with Gasteiger partial charge in [-0.25, -0.2) is 24.0 Å². The molecule has 5 aromatic heterocycles. The van der Waals surface area contributed by atoms with Gasteiger partial charge in [-0.15, -0.1) is 69.9 Å². The predicted molar refractivity (Wildman–Crippen MR) is 458 cm³/mol. The molecule has 0 N–H and O–H groups in total. The molecule has 38 heteroatoms. The van der Waals surface area contributed by atoms with E-state index in [1.807, 2.05) is 227 Å². The van der Waals surface area contributed by atoms with Gasteiger partial charge in [-0.2, -0.15) is 138 Å². The summed E-state index contributed by atoms with van der Waals surface area (Å²) >= 11 is 1.71. The summed E-state index contributed by atoms with van der Waals surface area (Å²) in [5, 5.41) is 38.6. The van der Waals surface area contributed by atoms with Crippen LogP contribution in [0.25, 0.3) is 28.4 Å². The van der Waals surface area contributed by atoms with E-state index in [1.54, 1.807) is 71.3 Å². The van der Waals surface area contributed by atoms with Gasteiger partial charge in [0.2, 0.25) is 0 Å².